The largest absolute Gasteiger partial charge is 0.284 e. The highest BCUT2D eigenvalue weighted by Crippen LogP contribution is 2.28. The number of hydrogen-bond donors (Lipinski definition) is 0. The van der Waals surface area contributed by atoms with E-state index in [-0.39, 0.29) is 10.6 Å². The maximum atomic E-state index is 12.2. The van der Waals surface area contributed by atoms with Gasteiger partial charge in [0.25, 0.3) is 11.8 Å². The van der Waals surface area contributed by atoms with Gasteiger partial charge in [-0.1, -0.05) is 26.0 Å². The summed E-state index contributed by atoms with van der Waals surface area (Å²) in [6.45, 7) is 3.60. The molecule has 1 heterocycles. The molecule has 1 aromatic carbocycles. The van der Waals surface area contributed by atoms with Gasteiger partial charge in [0.2, 0.25) is 4.69 Å². The molecular formula is C13H12BrNO3. The fourth-order valence-corrected chi connectivity index (χ4v) is 2.86. The third-order valence-electron chi connectivity index (χ3n) is 2.97. The lowest BCUT2D eigenvalue weighted by Crippen LogP contribution is -2.46. The summed E-state index contributed by atoms with van der Waals surface area (Å²) < 4.78 is -0.355. The zero-order valence-corrected chi connectivity index (χ0v) is 11.6. The van der Waals surface area contributed by atoms with Gasteiger partial charge in [-0.2, -0.15) is 0 Å². The topological polar surface area (TPSA) is 54.5 Å². The number of carbonyl (C=O) groups is 3. The highest BCUT2D eigenvalue weighted by Gasteiger charge is 2.43. The molecule has 0 bridgehead atoms. The third kappa shape index (κ3) is 1.88. The van der Waals surface area contributed by atoms with Gasteiger partial charge in [0.15, 0.2) is 0 Å². The van der Waals surface area contributed by atoms with Crippen LogP contribution in [0.4, 0.5) is 0 Å². The van der Waals surface area contributed by atoms with Crippen molar-refractivity contribution < 1.29 is 14.4 Å². The zero-order valence-electron chi connectivity index (χ0n) is 10.0. The van der Waals surface area contributed by atoms with Crippen LogP contribution in [-0.4, -0.2) is 27.4 Å². The summed E-state index contributed by atoms with van der Waals surface area (Å²) in [5.74, 6) is -0.941. The van der Waals surface area contributed by atoms with Gasteiger partial charge in [-0.25, -0.2) is 0 Å². The van der Waals surface area contributed by atoms with Crippen molar-refractivity contribution in [3.05, 3.63) is 35.4 Å². The van der Waals surface area contributed by atoms with E-state index in [1.165, 1.54) is 0 Å². The van der Waals surface area contributed by atoms with Gasteiger partial charge in [0.05, 0.1) is 11.1 Å². The minimum atomic E-state index is -0.766. The normalized spacial score (nSPS) is 16.1. The Balaban J connectivity index is 2.47. The van der Waals surface area contributed by atoms with Crippen molar-refractivity contribution in [2.75, 3.05) is 0 Å². The predicted octanol–water partition coefficient (Wildman–Crippen LogP) is 2.23. The van der Waals surface area contributed by atoms with Crippen molar-refractivity contribution >= 4 is 32.4 Å². The van der Waals surface area contributed by atoms with Gasteiger partial charge in [0.1, 0.15) is 6.04 Å². The monoisotopic (exact) mass is 309 g/mol. The minimum Gasteiger partial charge on any atom is -0.284 e. The zero-order chi connectivity index (χ0) is 13.4. The second-order valence-corrected chi connectivity index (χ2v) is 5.30. The van der Waals surface area contributed by atoms with Crippen molar-refractivity contribution in [3.63, 3.8) is 0 Å². The van der Waals surface area contributed by atoms with Gasteiger partial charge in [-0.05, 0) is 34.0 Å². The van der Waals surface area contributed by atoms with Crippen LogP contribution in [0.3, 0.4) is 0 Å². The van der Waals surface area contributed by atoms with Crippen LogP contribution in [0.15, 0.2) is 24.3 Å². The molecule has 0 unspecified atom stereocenters. The maximum absolute atomic E-state index is 12.2. The predicted molar refractivity (Wildman–Crippen MR) is 69.5 cm³/mol. The first-order chi connectivity index (χ1) is 8.45. The van der Waals surface area contributed by atoms with Gasteiger partial charge >= 0.3 is 0 Å². The Labute approximate surface area is 113 Å². The standard InChI is InChI=1S/C13H12BrNO3/c1-7(2)10(11(14)16)15-12(17)8-5-3-4-6-9(8)13(15)18/h3-7,10H,1-2H3/t10-/m0/s1. The lowest BCUT2D eigenvalue weighted by Gasteiger charge is -2.26. The summed E-state index contributed by atoms with van der Waals surface area (Å²) in [5.41, 5.74) is 0.726. The Morgan fingerprint density at radius 3 is 1.89 bits per heavy atom. The van der Waals surface area contributed by atoms with Crippen molar-refractivity contribution in [2.24, 2.45) is 5.92 Å². The molecule has 2 rings (SSSR count). The molecule has 0 aromatic heterocycles. The Kier molecular flexibility index (Phi) is 3.34. The number of carbonyl (C=O) groups excluding carboxylic acids is 3. The Morgan fingerprint density at radius 2 is 1.56 bits per heavy atom. The number of hydrogen-bond acceptors (Lipinski definition) is 3. The van der Waals surface area contributed by atoms with Crippen molar-refractivity contribution in [3.8, 4) is 0 Å². The Hall–Kier alpha value is -1.49. The molecule has 1 aliphatic rings. The van der Waals surface area contributed by atoms with E-state index in [4.69, 9.17) is 0 Å². The van der Waals surface area contributed by atoms with Crippen LogP contribution in [0.2, 0.25) is 0 Å². The second kappa shape index (κ2) is 4.65. The van der Waals surface area contributed by atoms with Crippen LogP contribution in [-0.2, 0) is 4.79 Å². The maximum Gasteiger partial charge on any atom is 0.262 e. The second-order valence-electron chi connectivity index (χ2n) is 4.52. The molecule has 0 spiro atoms. The van der Waals surface area contributed by atoms with E-state index >= 15 is 0 Å². The van der Waals surface area contributed by atoms with E-state index in [1.54, 1.807) is 38.1 Å². The summed E-state index contributed by atoms with van der Waals surface area (Å²) >= 11 is 2.87. The highest BCUT2D eigenvalue weighted by molar-refractivity contribution is 9.18. The molecule has 18 heavy (non-hydrogen) atoms. The number of rotatable bonds is 3. The highest BCUT2D eigenvalue weighted by atomic mass is 79.9. The molecule has 0 fully saturated rings. The van der Waals surface area contributed by atoms with E-state index in [0.29, 0.717) is 11.1 Å². The van der Waals surface area contributed by atoms with Crippen molar-refractivity contribution in [1.29, 1.82) is 0 Å². The van der Waals surface area contributed by atoms with Gasteiger partial charge in [-0.15, -0.1) is 0 Å². The number of benzene rings is 1. The summed E-state index contributed by atoms with van der Waals surface area (Å²) in [6.07, 6.45) is 0. The van der Waals surface area contributed by atoms with E-state index in [9.17, 15) is 14.4 Å². The van der Waals surface area contributed by atoms with E-state index < -0.39 is 17.9 Å². The number of imide groups is 1. The Bertz CT molecular complexity index is 504. The molecule has 2 amide bonds. The summed E-state index contributed by atoms with van der Waals surface area (Å²) in [6, 6.07) is 5.84. The molecular weight excluding hydrogens is 298 g/mol. The average molecular weight is 310 g/mol. The number of amides is 2. The van der Waals surface area contributed by atoms with E-state index in [1.807, 2.05) is 0 Å². The molecule has 5 heteroatoms. The van der Waals surface area contributed by atoms with Crippen LogP contribution in [0.1, 0.15) is 34.6 Å². The van der Waals surface area contributed by atoms with Gasteiger partial charge < -0.3 is 0 Å². The molecule has 94 valence electrons. The number of fused-ring (bicyclic) bond motifs is 1. The van der Waals surface area contributed by atoms with E-state index in [2.05, 4.69) is 15.9 Å². The van der Waals surface area contributed by atoms with Gasteiger partial charge in [-0.3, -0.25) is 19.3 Å². The molecule has 0 radical (unpaired) electrons. The van der Waals surface area contributed by atoms with Gasteiger partial charge in [0, 0.05) is 0 Å². The molecule has 4 nitrogen and oxygen atoms in total. The third-order valence-corrected chi connectivity index (χ3v) is 3.44. The molecule has 0 N–H and O–H groups in total. The lowest BCUT2D eigenvalue weighted by molar-refractivity contribution is -0.114. The van der Waals surface area contributed by atoms with Crippen LogP contribution < -0.4 is 0 Å². The van der Waals surface area contributed by atoms with Crippen LogP contribution in [0.5, 0.6) is 0 Å². The summed E-state index contributed by atoms with van der Waals surface area (Å²) in [4.78, 5) is 37.0. The van der Waals surface area contributed by atoms with Crippen molar-refractivity contribution in [2.45, 2.75) is 19.9 Å². The van der Waals surface area contributed by atoms with Crippen LogP contribution in [0, 0.1) is 5.92 Å². The molecule has 1 atom stereocenters. The fourth-order valence-electron chi connectivity index (χ4n) is 2.12. The van der Waals surface area contributed by atoms with Crippen molar-refractivity contribution in [1.82, 2.24) is 4.90 Å². The fraction of sp³-hybridized carbons (Fsp3) is 0.308. The smallest absolute Gasteiger partial charge is 0.262 e. The number of nitrogens with zero attached hydrogens (tertiary/aromatic N) is 1. The summed E-state index contributed by atoms with van der Waals surface area (Å²) in [7, 11) is 0. The minimum absolute atomic E-state index is 0.140. The molecule has 1 aromatic rings. The first kappa shape index (κ1) is 13.0. The quantitative estimate of drug-likeness (QED) is 0.635. The molecule has 1 aliphatic heterocycles. The first-order valence-electron chi connectivity index (χ1n) is 5.61. The SMILES string of the molecule is CC(C)[C@@H](C(=O)Br)N1C(=O)c2ccccc2C1=O. The first-order valence-corrected chi connectivity index (χ1v) is 6.40. The number of halogens is 1. The summed E-state index contributed by atoms with van der Waals surface area (Å²) in [5, 5.41) is 0. The Morgan fingerprint density at radius 1 is 1.11 bits per heavy atom. The van der Waals surface area contributed by atoms with Crippen LogP contribution >= 0.6 is 15.9 Å². The average Bonchev–Trinajstić information content (AvgIpc) is 2.55. The van der Waals surface area contributed by atoms with E-state index in [0.717, 1.165) is 4.90 Å². The van der Waals surface area contributed by atoms with Crippen LogP contribution in [0.25, 0.3) is 0 Å². The molecule has 0 saturated heterocycles. The molecule has 0 aliphatic carbocycles. The molecule has 0 saturated carbocycles. The lowest BCUT2D eigenvalue weighted by atomic mass is 10.0.